The molecule has 0 aliphatic carbocycles. The molecule has 3 nitrogen and oxygen atoms in total. The summed E-state index contributed by atoms with van der Waals surface area (Å²) in [6.07, 6.45) is 0.961. The van der Waals surface area contributed by atoms with Crippen molar-refractivity contribution in [1.29, 1.82) is 0 Å². The van der Waals surface area contributed by atoms with Crippen LogP contribution in [-0.2, 0) is 6.42 Å². The van der Waals surface area contributed by atoms with Gasteiger partial charge in [0.2, 0.25) is 0 Å². The van der Waals surface area contributed by atoms with E-state index in [1.165, 1.54) is 27.8 Å². The van der Waals surface area contributed by atoms with E-state index in [9.17, 15) is 0 Å². The summed E-state index contributed by atoms with van der Waals surface area (Å²) in [5.74, 6) is 1.73. The standard InChI is InChI=1S/C20H25NO2/c1-5-23-20-17-8-9-21-19(16(17)6-7-18(20)22-4)15-11-13(2)10-14(3)12-15/h6-7,10-12,19,21H,5,8-9H2,1-4H3. The average Bonchev–Trinajstić information content (AvgIpc) is 2.54. The molecule has 0 saturated heterocycles. The Labute approximate surface area is 138 Å². The molecule has 1 heterocycles. The summed E-state index contributed by atoms with van der Waals surface area (Å²) in [6, 6.07) is 11.2. The lowest BCUT2D eigenvalue weighted by Crippen LogP contribution is -2.31. The number of hydrogen-bond acceptors (Lipinski definition) is 3. The molecule has 1 aliphatic rings. The lowest BCUT2D eigenvalue weighted by Gasteiger charge is -2.30. The van der Waals surface area contributed by atoms with Gasteiger partial charge in [-0.15, -0.1) is 0 Å². The van der Waals surface area contributed by atoms with Crippen LogP contribution in [0, 0.1) is 13.8 Å². The minimum absolute atomic E-state index is 0.211. The van der Waals surface area contributed by atoms with Crippen molar-refractivity contribution in [3.8, 4) is 11.5 Å². The van der Waals surface area contributed by atoms with Crippen molar-refractivity contribution in [2.45, 2.75) is 33.2 Å². The van der Waals surface area contributed by atoms with Crippen LogP contribution in [0.2, 0.25) is 0 Å². The van der Waals surface area contributed by atoms with Crippen LogP contribution in [0.4, 0.5) is 0 Å². The molecule has 0 fully saturated rings. The summed E-state index contributed by atoms with van der Waals surface area (Å²) in [6.45, 7) is 7.91. The molecule has 1 atom stereocenters. The van der Waals surface area contributed by atoms with Crippen molar-refractivity contribution >= 4 is 0 Å². The molecule has 122 valence electrons. The molecule has 3 heteroatoms. The van der Waals surface area contributed by atoms with E-state index in [1.807, 2.05) is 13.0 Å². The average molecular weight is 311 g/mol. The third kappa shape index (κ3) is 3.06. The number of hydrogen-bond donors (Lipinski definition) is 1. The van der Waals surface area contributed by atoms with E-state index in [4.69, 9.17) is 9.47 Å². The van der Waals surface area contributed by atoms with E-state index >= 15 is 0 Å². The predicted octanol–water partition coefficient (Wildman–Crippen LogP) is 3.95. The number of nitrogens with one attached hydrogen (secondary N) is 1. The van der Waals surface area contributed by atoms with E-state index in [0.717, 1.165) is 24.5 Å². The van der Waals surface area contributed by atoms with Crippen molar-refractivity contribution in [3.05, 3.63) is 58.1 Å². The van der Waals surface area contributed by atoms with Gasteiger partial charge in [0.1, 0.15) is 0 Å². The predicted molar refractivity (Wildman–Crippen MR) is 93.6 cm³/mol. The zero-order valence-corrected chi connectivity index (χ0v) is 14.4. The van der Waals surface area contributed by atoms with Gasteiger partial charge in [0.05, 0.1) is 19.8 Å². The summed E-state index contributed by atoms with van der Waals surface area (Å²) in [5.41, 5.74) is 6.48. The second-order valence-corrected chi connectivity index (χ2v) is 6.16. The first-order valence-electron chi connectivity index (χ1n) is 8.28. The first kappa shape index (κ1) is 15.9. The van der Waals surface area contributed by atoms with E-state index in [1.54, 1.807) is 7.11 Å². The molecule has 0 spiro atoms. The molecular weight excluding hydrogens is 286 g/mol. The lowest BCUT2D eigenvalue weighted by molar-refractivity contribution is 0.305. The third-order valence-electron chi connectivity index (χ3n) is 4.38. The van der Waals surface area contributed by atoms with Gasteiger partial charge in [0.25, 0.3) is 0 Å². The van der Waals surface area contributed by atoms with Crippen LogP contribution < -0.4 is 14.8 Å². The Hall–Kier alpha value is -2.00. The first-order chi connectivity index (χ1) is 11.1. The molecule has 3 rings (SSSR count). The highest BCUT2D eigenvalue weighted by atomic mass is 16.5. The highest BCUT2D eigenvalue weighted by Gasteiger charge is 2.26. The van der Waals surface area contributed by atoms with Crippen LogP contribution in [0.15, 0.2) is 30.3 Å². The first-order valence-corrected chi connectivity index (χ1v) is 8.28. The van der Waals surface area contributed by atoms with Gasteiger partial charge < -0.3 is 14.8 Å². The Morgan fingerprint density at radius 2 is 1.87 bits per heavy atom. The van der Waals surface area contributed by atoms with Gasteiger partial charge in [0.15, 0.2) is 11.5 Å². The van der Waals surface area contributed by atoms with Gasteiger partial charge in [-0.05, 0) is 44.4 Å². The van der Waals surface area contributed by atoms with Crippen LogP contribution in [0.25, 0.3) is 0 Å². The highest BCUT2D eigenvalue weighted by Crippen LogP contribution is 2.40. The van der Waals surface area contributed by atoms with Crippen LogP contribution in [0.5, 0.6) is 11.5 Å². The van der Waals surface area contributed by atoms with Gasteiger partial charge in [-0.3, -0.25) is 0 Å². The van der Waals surface area contributed by atoms with E-state index in [0.29, 0.717) is 6.61 Å². The number of fused-ring (bicyclic) bond motifs is 1. The highest BCUT2D eigenvalue weighted by molar-refractivity contribution is 5.55. The molecule has 2 aromatic carbocycles. The van der Waals surface area contributed by atoms with Crippen LogP contribution in [0.3, 0.4) is 0 Å². The van der Waals surface area contributed by atoms with E-state index < -0.39 is 0 Å². The molecule has 0 saturated carbocycles. The second-order valence-electron chi connectivity index (χ2n) is 6.16. The van der Waals surface area contributed by atoms with Crippen LogP contribution in [0.1, 0.15) is 40.8 Å². The van der Waals surface area contributed by atoms with E-state index in [2.05, 4.69) is 43.4 Å². The maximum absolute atomic E-state index is 5.91. The number of rotatable bonds is 4. The third-order valence-corrected chi connectivity index (χ3v) is 4.38. The molecule has 1 N–H and O–H groups in total. The smallest absolute Gasteiger partial charge is 0.164 e. The number of methoxy groups -OCH3 is 1. The Morgan fingerprint density at radius 3 is 2.52 bits per heavy atom. The summed E-state index contributed by atoms with van der Waals surface area (Å²) < 4.78 is 11.4. The van der Waals surface area contributed by atoms with Gasteiger partial charge in [-0.2, -0.15) is 0 Å². The Morgan fingerprint density at radius 1 is 1.13 bits per heavy atom. The normalized spacial score (nSPS) is 16.8. The Bertz CT molecular complexity index is 689. The maximum Gasteiger partial charge on any atom is 0.164 e. The lowest BCUT2D eigenvalue weighted by atomic mass is 9.88. The summed E-state index contributed by atoms with van der Waals surface area (Å²) in [7, 11) is 1.70. The molecule has 1 aliphatic heterocycles. The van der Waals surface area contributed by atoms with Crippen LogP contribution >= 0.6 is 0 Å². The number of ether oxygens (including phenoxy) is 2. The summed E-state index contributed by atoms with van der Waals surface area (Å²) in [4.78, 5) is 0. The largest absolute Gasteiger partial charge is 0.493 e. The zero-order valence-electron chi connectivity index (χ0n) is 14.4. The molecule has 0 aromatic heterocycles. The fourth-order valence-electron chi connectivity index (χ4n) is 3.54. The SMILES string of the molecule is CCOc1c(OC)ccc2c1CCNC2c1cc(C)cc(C)c1. The second kappa shape index (κ2) is 6.63. The topological polar surface area (TPSA) is 30.5 Å². The van der Waals surface area contributed by atoms with Crippen molar-refractivity contribution in [2.75, 3.05) is 20.3 Å². The van der Waals surface area contributed by atoms with Crippen LogP contribution in [-0.4, -0.2) is 20.3 Å². The minimum Gasteiger partial charge on any atom is -0.493 e. The monoisotopic (exact) mass is 311 g/mol. The molecule has 0 bridgehead atoms. The van der Waals surface area contributed by atoms with Gasteiger partial charge >= 0.3 is 0 Å². The number of aryl methyl sites for hydroxylation is 2. The molecular formula is C20H25NO2. The van der Waals surface area contributed by atoms with Gasteiger partial charge in [-0.1, -0.05) is 35.4 Å². The fourth-order valence-corrected chi connectivity index (χ4v) is 3.54. The Balaban J connectivity index is 2.10. The quantitative estimate of drug-likeness (QED) is 0.927. The fraction of sp³-hybridized carbons (Fsp3) is 0.400. The molecule has 1 unspecified atom stereocenters. The zero-order chi connectivity index (χ0) is 16.4. The van der Waals surface area contributed by atoms with Crippen molar-refractivity contribution < 1.29 is 9.47 Å². The minimum atomic E-state index is 0.211. The Kier molecular flexibility index (Phi) is 4.58. The summed E-state index contributed by atoms with van der Waals surface area (Å²) >= 11 is 0. The van der Waals surface area contributed by atoms with Gasteiger partial charge in [-0.25, -0.2) is 0 Å². The van der Waals surface area contributed by atoms with Crippen molar-refractivity contribution in [2.24, 2.45) is 0 Å². The molecule has 23 heavy (non-hydrogen) atoms. The molecule has 2 aromatic rings. The van der Waals surface area contributed by atoms with Crippen molar-refractivity contribution in [1.82, 2.24) is 5.32 Å². The maximum atomic E-state index is 5.91. The number of benzene rings is 2. The summed E-state index contributed by atoms with van der Waals surface area (Å²) in [5, 5.41) is 3.66. The van der Waals surface area contributed by atoms with Gasteiger partial charge in [0, 0.05) is 12.1 Å². The molecule has 0 radical (unpaired) electrons. The molecule has 0 amide bonds. The van der Waals surface area contributed by atoms with E-state index in [-0.39, 0.29) is 6.04 Å². The van der Waals surface area contributed by atoms with Crippen molar-refractivity contribution in [3.63, 3.8) is 0 Å².